The Kier molecular flexibility index (Phi) is 4.69. The third-order valence-corrected chi connectivity index (χ3v) is 1.78. The van der Waals surface area contributed by atoms with Crippen LogP contribution in [0.4, 0.5) is 4.39 Å². The third-order valence-electron chi connectivity index (χ3n) is 1.78. The minimum absolute atomic E-state index is 0.0833. The standard InChI is InChI=1S/C11H15FN2O2/c1-8(2)5-14-11(15)7-16-9-3-4-10(12)13-6-9/h3-4,6,8H,5,7H2,1-2H3,(H,14,15). The summed E-state index contributed by atoms with van der Waals surface area (Å²) in [6, 6.07) is 2.61. The Morgan fingerprint density at radius 3 is 2.88 bits per heavy atom. The van der Waals surface area contributed by atoms with Gasteiger partial charge >= 0.3 is 0 Å². The molecule has 0 aliphatic carbocycles. The van der Waals surface area contributed by atoms with E-state index in [1.165, 1.54) is 18.3 Å². The van der Waals surface area contributed by atoms with Crippen LogP contribution in [0.15, 0.2) is 18.3 Å². The molecule has 1 rings (SSSR count). The second-order valence-corrected chi connectivity index (χ2v) is 3.80. The average molecular weight is 226 g/mol. The molecule has 1 amide bonds. The molecule has 0 saturated heterocycles. The van der Waals surface area contributed by atoms with Gasteiger partial charge < -0.3 is 10.1 Å². The Labute approximate surface area is 93.8 Å². The molecular formula is C11H15FN2O2. The Morgan fingerprint density at radius 2 is 2.31 bits per heavy atom. The van der Waals surface area contributed by atoms with Gasteiger partial charge in [-0.1, -0.05) is 13.8 Å². The van der Waals surface area contributed by atoms with Crippen molar-refractivity contribution in [2.24, 2.45) is 5.92 Å². The van der Waals surface area contributed by atoms with Crippen molar-refractivity contribution in [3.05, 3.63) is 24.3 Å². The van der Waals surface area contributed by atoms with Crippen molar-refractivity contribution in [2.45, 2.75) is 13.8 Å². The minimum atomic E-state index is -0.573. The predicted molar refractivity (Wildman–Crippen MR) is 57.5 cm³/mol. The van der Waals surface area contributed by atoms with Crippen LogP contribution in [0.3, 0.4) is 0 Å². The van der Waals surface area contributed by atoms with E-state index < -0.39 is 5.95 Å². The number of amides is 1. The molecule has 0 saturated carbocycles. The van der Waals surface area contributed by atoms with Crippen molar-refractivity contribution in [3.8, 4) is 5.75 Å². The van der Waals surface area contributed by atoms with Gasteiger partial charge in [0.2, 0.25) is 5.95 Å². The highest BCUT2D eigenvalue weighted by Crippen LogP contribution is 2.07. The Morgan fingerprint density at radius 1 is 1.56 bits per heavy atom. The second kappa shape index (κ2) is 6.05. The highest BCUT2D eigenvalue weighted by molar-refractivity contribution is 5.77. The van der Waals surface area contributed by atoms with E-state index in [2.05, 4.69) is 10.3 Å². The zero-order valence-corrected chi connectivity index (χ0v) is 9.37. The summed E-state index contributed by atoms with van der Waals surface area (Å²) in [4.78, 5) is 14.7. The number of halogens is 1. The molecule has 1 aromatic heterocycles. The van der Waals surface area contributed by atoms with Crippen molar-refractivity contribution in [3.63, 3.8) is 0 Å². The van der Waals surface area contributed by atoms with E-state index in [9.17, 15) is 9.18 Å². The first-order chi connectivity index (χ1) is 7.58. The van der Waals surface area contributed by atoms with Crippen LogP contribution in [0.25, 0.3) is 0 Å². The molecule has 0 fully saturated rings. The molecule has 0 aliphatic rings. The van der Waals surface area contributed by atoms with Gasteiger partial charge in [0.15, 0.2) is 6.61 Å². The van der Waals surface area contributed by atoms with Gasteiger partial charge in [-0.25, -0.2) is 4.98 Å². The molecule has 0 aliphatic heterocycles. The van der Waals surface area contributed by atoms with E-state index in [1.54, 1.807) is 0 Å². The number of nitrogens with one attached hydrogen (secondary N) is 1. The van der Waals surface area contributed by atoms with E-state index in [-0.39, 0.29) is 12.5 Å². The number of rotatable bonds is 5. The molecule has 4 nitrogen and oxygen atoms in total. The lowest BCUT2D eigenvalue weighted by Crippen LogP contribution is -2.31. The smallest absolute Gasteiger partial charge is 0.257 e. The third kappa shape index (κ3) is 4.72. The lowest BCUT2D eigenvalue weighted by Gasteiger charge is -2.08. The number of aromatic nitrogens is 1. The van der Waals surface area contributed by atoms with Gasteiger partial charge in [0.1, 0.15) is 5.75 Å². The minimum Gasteiger partial charge on any atom is -0.482 e. The van der Waals surface area contributed by atoms with Crippen LogP contribution in [0, 0.1) is 11.9 Å². The summed E-state index contributed by atoms with van der Waals surface area (Å²) >= 11 is 0. The predicted octanol–water partition coefficient (Wildman–Crippen LogP) is 1.37. The molecule has 5 heteroatoms. The van der Waals surface area contributed by atoms with Crippen molar-refractivity contribution < 1.29 is 13.9 Å². The van der Waals surface area contributed by atoms with Gasteiger partial charge in [0.05, 0.1) is 6.20 Å². The largest absolute Gasteiger partial charge is 0.482 e. The van der Waals surface area contributed by atoms with Crippen LogP contribution in [0.2, 0.25) is 0 Å². The van der Waals surface area contributed by atoms with E-state index in [4.69, 9.17) is 4.74 Å². The quantitative estimate of drug-likeness (QED) is 0.771. The van der Waals surface area contributed by atoms with Crippen LogP contribution in [-0.2, 0) is 4.79 Å². The first-order valence-corrected chi connectivity index (χ1v) is 5.09. The second-order valence-electron chi connectivity index (χ2n) is 3.80. The van der Waals surface area contributed by atoms with Crippen LogP contribution in [0.5, 0.6) is 5.75 Å². The molecule has 1 heterocycles. The first-order valence-electron chi connectivity index (χ1n) is 5.09. The van der Waals surface area contributed by atoms with Crippen LogP contribution in [0.1, 0.15) is 13.8 Å². The maximum Gasteiger partial charge on any atom is 0.257 e. The van der Waals surface area contributed by atoms with E-state index >= 15 is 0 Å². The SMILES string of the molecule is CC(C)CNC(=O)COc1ccc(F)nc1. The summed E-state index contributed by atoms with van der Waals surface area (Å²) in [5.41, 5.74) is 0. The lowest BCUT2D eigenvalue weighted by molar-refractivity contribution is -0.123. The van der Waals surface area contributed by atoms with Crippen LogP contribution >= 0.6 is 0 Å². The Hall–Kier alpha value is -1.65. The van der Waals surface area contributed by atoms with Gasteiger partial charge in [-0.05, 0) is 18.1 Å². The number of carbonyl (C=O) groups excluding carboxylic acids is 1. The van der Waals surface area contributed by atoms with Crippen molar-refractivity contribution in [1.82, 2.24) is 10.3 Å². The molecule has 0 unspecified atom stereocenters. The summed E-state index contributed by atoms with van der Waals surface area (Å²) in [5.74, 6) is 0.00664. The highest BCUT2D eigenvalue weighted by Gasteiger charge is 2.03. The monoisotopic (exact) mass is 226 g/mol. The van der Waals surface area contributed by atoms with Gasteiger partial charge in [-0.3, -0.25) is 4.79 Å². The van der Waals surface area contributed by atoms with Crippen molar-refractivity contribution >= 4 is 5.91 Å². The fraction of sp³-hybridized carbons (Fsp3) is 0.455. The Balaban J connectivity index is 2.29. The van der Waals surface area contributed by atoms with Crippen molar-refractivity contribution in [2.75, 3.05) is 13.2 Å². The molecular weight excluding hydrogens is 211 g/mol. The van der Waals surface area contributed by atoms with E-state index in [1.807, 2.05) is 13.8 Å². The summed E-state index contributed by atoms with van der Waals surface area (Å²) in [6.07, 6.45) is 1.24. The van der Waals surface area contributed by atoms with Gasteiger partial charge in [0.25, 0.3) is 5.91 Å². The fourth-order valence-electron chi connectivity index (χ4n) is 0.966. The summed E-state index contributed by atoms with van der Waals surface area (Å²) < 4.78 is 17.6. The van der Waals surface area contributed by atoms with Gasteiger partial charge in [-0.15, -0.1) is 0 Å². The molecule has 0 spiro atoms. The highest BCUT2D eigenvalue weighted by atomic mass is 19.1. The summed E-state index contributed by atoms with van der Waals surface area (Å²) in [7, 11) is 0. The number of pyridine rings is 1. The number of ether oxygens (including phenoxy) is 1. The van der Waals surface area contributed by atoms with E-state index in [0.29, 0.717) is 18.2 Å². The normalized spacial score (nSPS) is 10.2. The number of carbonyl (C=O) groups is 1. The number of nitrogens with zero attached hydrogens (tertiary/aromatic N) is 1. The topological polar surface area (TPSA) is 51.2 Å². The van der Waals surface area contributed by atoms with Gasteiger partial charge in [-0.2, -0.15) is 4.39 Å². The zero-order valence-electron chi connectivity index (χ0n) is 9.37. The molecule has 88 valence electrons. The summed E-state index contributed by atoms with van der Waals surface area (Å²) in [6.45, 7) is 4.54. The van der Waals surface area contributed by atoms with E-state index in [0.717, 1.165) is 0 Å². The molecule has 0 radical (unpaired) electrons. The van der Waals surface area contributed by atoms with Crippen LogP contribution in [-0.4, -0.2) is 24.0 Å². The number of hydrogen-bond donors (Lipinski definition) is 1. The summed E-state index contributed by atoms with van der Waals surface area (Å²) in [5, 5.41) is 2.71. The van der Waals surface area contributed by atoms with Crippen molar-refractivity contribution in [1.29, 1.82) is 0 Å². The average Bonchev–Trinajstić information content (AvgIpc) is 2.25. The lowest BCUT2D eigenvalue weighted by atomic mass is 10.2. The first kappa shape index (κ1) is 12.4. The maximum atomic E-state index is 12.4. The molecule has 0 bridgehead atoms. The molecule has 16 heavy (non-hydrogen) atoms. The maximum absolute atomic E-state index is 12.4. The van der Waals surface area contributed by atoms with Crippen LogP contribution < -0.4 is 10.1 Å². The number of hydrogen-bond acceptors (Lipinski definition) is 3. The molecule has 1 aromatic rings. The molecule has 0 aromatic carbocycles. The Bertz CT molecular complexity index is 338. The zero-order chi connectivity index (χ0) is 12.0. The molecule has 0 atom stereocenters. The molecule has 1 N–H and O–H groups in total. The van der Waals surface area contributed by atoms with Gasteiger partial charge in [0, 0.05) is 6.54 Å². The fourth-order valence-corrected chi connectivity index (χ4v) is 0.966.